The van der Waals surface area contributed by atoms with Crippen LogP contribution in [0.1, 0.15) is 19.4 Å². The fourth-order valence-corrected chi connectivity index (χ4v) is 1.79. The van der Waals surface area contributed by atoms with E-state index in [0.717, 1.165) is 11.3 Å². The van der Waals surface area contributed by atoms with Crippen LogP contribution in [0.25, 0.3) is 0 Å². The van der Waals surface area contributed by atoms with Gasteiger partial charge in [0.05, 0.1) is 17.5 Å². The van der Waals surface area contributed by atoms with Crippen LogP contribution in [-0.2, 0) is 11.3 Å². The Labute approximate surface area is 119 Å². The van der Waals surface area contributed by atoms with Gasteiger partial charge < -0.3 is 15.4 Å². The highest BCUT2D eigenvalue weighted by Crippen LogP contribution is 2.21. The minimum Gasteiger partial charge on any atom is -0.497 e. The van der Waals surface area contributed by atoms with Gasteiger partial charge in [-0.2, -0.15) is 0 Å². The zero-order chi connectivity index (χ0) is 14.6. The molecule has 4 nitrogen and oxygen atoms in total. The smallest absolute Gasteiger partial charge is 0.235 e. The Morgan fingerprint density at radius 2 is 2.11 bits per heavy atom. The van der Waals surface area contributed by atoms with Crippen molar-refractivity contribution in [2.45, 2.75) is 20.4 Å². The molecule has 0 radical (unpaired) electrons. The number of amides is 1. The maximum Gasteiger partial charge on any atom is 0.235 e. The molecule has 1 aromatic rings. The molecule has 0 spiro atoms. The van der Waals surface area contributed by atoms with Gasteiger partial charge in [-0.3, -0.25) is 4.79 Å². The molecule has 5 heteroatoms. The van der Waals surface area contributed by atoms with Crippen molar-refractivity contribution in [3.05, 3.63) is 29.8 Å². The van der Waals surface area contributed by atoms with Gasteiger partial charge in [0, 0.05) is 13.6 Å². The molecule has 1 rings (SSSR count). The van der Waals surface area contributed by atoms with Gasteiger partial charge >= 0.3 is 0 Å². The third-order valence-electron chi connectivity index (χ3n) is 3.05. The van der Waals surface area contributed by atoms with E-state index in [2.05, 4.69) is 0 Å². The lowest BCUT2D eigenvalue weighted by Crippen LogP contribution is -2.45. The number of nitrogens with two attached hydrogens (primary N) is 1. The van der Waals surface area contributed by atoms with E-state index in [1.165, 1.54) is 0 Å². The number of carbonyl (C=O) groups is 1. The van der Waals surface area contributed by atoms with Crippen LogP contribution in [0.5, 0.6) is 5.75 Å². The van der Waals surface area contributed by atoms with E-state index in [4.69, 9.17) is 22.7 Å². The lowest BCUT2D eigenvalue weighted by molar-refractivity contribution is -0.136. The molecule has 1 amide bonds. The van der Waals surface area contributed by atoms with Crippen molar-refractivity contribution in [2.75, 3.05) is 14.2 Å². The number of hydrogen-bond donors (Lipinski definition) is 1. The quantitative estimate of drug-likeness (QED) is 0.838. The number of ether oxygens (including phenoxy) is 1. The maximum atomic E-state index is 12.3. The second-order valence-electron chi connectivity index (χ2n) is 5.00. The fraction of sp³-hybridized carbons (Fsp3) is 0.429. The minimum absolute atomic E-state index is 0.0946. The highest BCUT2D eigenvalue weighted by atomic mass is 32.1. The summed E-state index contributed by atoms with van der Waals surface area (Å²) in [7, 11) is 3.35. The van der Waals surface area contributed by atoms with Crippen LogP contribution >= 0.6 is 12.2 Å². The Bertz CT molecular complexity index is 486. The molecular weight excluding hydrogens is 260 g/mol. The second kappa shape index (κ2) is 6.02. The van der Waals surface area contributed by atoms with Crippen LogP contribution < -0.4 is 10.5 Å². The summed E-state index contributed by atoms with van der Waals surface area (Å²) in [5.74, 6) is 0.676. The summed E-state index contributed by atoms with van der Waals surface area (Å²) in [4.78, 5) is 14.1. The van der Waals surface area contributed by atoms with Gasteiger partial charge in [0.25, 0.3) is 0 Å². The van der Waals surface area contributed by atoms with Crippen molar-refractivity contribution in [1.29, 1.82) is 0 Å². The Kier molecular flexibility index (Phi) is 4.89. The highest BCUT2D eigenvalue weighted by Gasteiger charge is 2.33. The van der Waals surface area contributed by atoms with Gasteiger partial charge in [-0.05, 0) is 31.5 Å². The standard InChI is InChI=1S/C14H20N2O2S/c1-14(2,12(15)19)13(17)16(3)9-10-6-5-7-11(8-10)18-4/h5-8H,9H2,1-4H3,(H2,15,19). The monoisotopic (exact) mass is 280 g/mol. The maximum absolute atomic E-state index is 12.3. The average molecular weight is 280 g/mol. The zero-order valence-corrected chi connectivity index (χ0v) is 12.6. The largest absolute Gasteiger partial charge is 0.497 e. The molecule has 2 N–H and O–H groups in total. The van der Waals surface area contributed by atoms with Gasteiger partial charge in [0.2, 0.25) is 5.91 Å². The van der Waals surface area contributed by atoms with E-state index < -0.39 is 5.41 Å². The van der Waals surface area contributed by atoms with Crippen LogP contribution in [-0.4, -0.2) is 30.0 Å². The number of carbonyl (C=O) groups excluding carboxylic acids is 1. The molecule has 0 aromatic heterocycles. The molecular formula is C14H20N2O2S. The Balaban J connectivity index is 2.82. The summed E-state index contributed by atoms with van der Waals surface area (Å²) in [6.45, 7) is 3.96. The predicted molar refractivity (Wildman–Crippen MR) is 80.0 cm³/mol. The summed E-state index contributed by atoms with van der Waals surface area (Å²) in [5, 5.41) is 0. The third-order valence-corrected chi connectivity index (χ3v) is 3.56. The molecule has 19 heavy (non-hydrogen) atoms. The summed E-state index contributed by atoms with van der Waals surface area (Å²) < 4.78 is 5.16. The van der Waals surface area contributed by atoms with Crippen molar-refractivity contribution in [3.8, 4) is 5.75 Å². The number of rotatable bonds is 5. The van der Waals surface area contributed by atoms with Gasteiger partial charge in [-0.15, -0.1) is 0 Å². The van der Waals surface area contributed by atoms with Gasteiger partial charge in [0.15, 0.2) is 0 Å². The molecule has 0 atom stereocenters. The molecule has 0 heterocycles. The van der Waals surface area contributed by atoms with E-state index in [1.807, 2.05) is 24.3 Å². The summed E-state index contributed by atoms with van der Waals surface area (Å²) in [5.41, 5.74) is 5.78. The zero-order valence-electron chi connectivity index (χ0n) is 11.8. The van der Waals surface area contributed by atoms with Crippen molar-refractivity contribution < 1.29 is 9.53 Å². The van der Waals surface area contributed by atoms with E-state index in [1.54, 1.807) is 32.9 Å². The molecule has 1 aromatic carbocycles. The predicted octanol–water partition coefficient (Wildman–Crippen LogP) is 1.97. The number of benzene rings is 1. The van der Waals surface area contributed by atoms with Crippen molar-refractivity contribution >= 4 is 23.1 Å². The van der Waals surface area contributed by atoms with E-state index in [9.17, 15) is 4.79 Å². The molecule has 0 bridgehead atoms. The lowest BCUT2D eigenvalue weighted by atomic mass is 9.91. The van der Waals surface area contributed by atoms with Crippen LogP contribution in [0, 0.1) is 5.41 Å². The van der Waals surface area contributed by atoms with E-state index in [-0.39, 0.29) is 10.9 Å². The first-order chi connectivity index (χ1) is 8.78. The van der Waals surface area contributed by atoms with Crippen molar-refractivity contribution in [3.63, 3.8) is 0 Å². The van der Waals surface area contributed by atoms with Crippen LogP contribution in [0.3, 0.4) is 0 Å². The van der Waals surface area contributed by atoms with E-state index >= 15 is 0 Å². The third kappa shape index (κ3) is 3.67. The Morgan fingerprint density at radius 3 is 2.63 bits per heavy atom. The first-order valence-corrected chi connectivity index (χ1v) is 6.38. The molecule has 0 saturated carbocycles. The molecule has 0 fully saturated rings. The summed E-state index contributed by atoms with van der Waals surface area (Å²) in [6.07, 6.45) is 0. The van der Waals surface area contributed by atoms with Crippen LogP contribution in [0.2, 0.25) is 0 Å². The number of methoxy groups -OCH3 is 1. The topological polar surface area (TPSA) is 55.6 Å². The average Bonchev–Trinajstić information content (AvgIpc) is 2.37. The first-order valence-electron chi connectivity index (χ1n) is 5.97. The minimum atomic E-state index is -0.830. The SMILES string of the molecule is COc1cccc(CN(C)C(=O)C(C)(C)C(N)=S)c1. The molecule has 0 aliphatic rings. The molecule has 0 unspecified atom stereocenters. The summed E-state index contributed by atoms with van der Waals surface area (Å²) in [6, 6.07) is 7.60. The van der Waals surface area contributed by atoms with Crippen molar-refractivity contribution in [1.82, 2.24) is 4.90 Å². The Morgan fingerprint density at radius 1 is 1.47 bits per heavy atom. The van der Waals surface area contributed by atoms with Gasteiger partial charge in [-0.1, -0.05) is 24.4 Å². The van der Waals surface area contributed by atoms with E-state index in [0.29, 0.717) is 6.54 Å². The number of nitrogens with zero attached hydrogens (tertiary/aromatic N) is 1. The number of hydrogen-bond acceptors (Lipinski definition) is 3. The summed E-state index contributed by atoms with van der Waals surface area (Å²) >= 11 is 4.94. The van der Waals surface area contributed by atoms with Crippen molar-refractivity contribution in [2.24, 2.45) is 11.1 Å². The molecule has 0 saturated heterocycles. The Hall–Kier alpha value is -1.62. The lowest BCUT2D eigenvalue weighted by Gasteiger charge is -2.28. The fourth-order valence-electron chi connectivity index (χ4n) is 1.70. The molecule has 0 aliphatic carbocycles. The van der Waals surface area contributed by atoms with Crippen LogP contribution in [0.4, 0.5) is 0 Å². The second-order valence-corrected chi connectivity index (χ2v) is 5.44. The molecule has 0 aliphatic heterocycles. The highest BCUT2D eigenvalue weighted by molar-refractivity contribution is 7.80. The number of thiocarbonyl (C=S) groups is 1. The van der Waals surface area contributed by atoms with Gasteiger partial charge in [0.1, 0.15) is 5.75 Å². The van der Waals surface area contributed by atoms with Gasteiger partial charge in [-0.25, -0.2) is 0 Å². The molecule has 104 valence electrons. The van der Waals surface area contributed by atoms with Crippen LogP contribution in [0.15, 0.2) is 24.3 Å². The normalized spacial score (nSPS) is 10.9. The first kappa shape index (κ1) is 15.4.